The maximum Gasteiger partial charge on any atom is 0.0593 e. The van der Waals surface area contributed by atoms with Crippen molar-refractivity contribution in [2.75, 3.05) is 33.4 Å². The van der Waals surface area contributed by atoms with Gasteiger partial charge in [-0.15, -0.1) is 0 Å². The molecule has 0 aromatic heterocycles. The highest BCUT2D eigenvalue weighted by molar-refractivity contribution is 4.83. The van der Waals surface area contributed by atoms with Crippen LogP contribution in [0.4, 0.5) is 0 Å². The summed E-state index contributed by atoms with van der Waals surface area (Å²) in [6.45, 7) is 9.62. The van der Waals surface area contributed by atoms with E-state index >= 15 is 0 Å². The van der Waals surface area contributed by atoms with Crippen LogP contribution in [0.2, 0.25) is 0 Å². The monoisotopic (exact) mass is 188 g/mol. The molecule has 0 radical (unpaired) electrons. The number of rotatable bonds is 7. The highest BCUT2D eigenvalue weighted by Crippen LogP contribution is 2.15. The van der Waals surface area contributed by atoms with Crippen molar-refractivity contribution >= 4 is 0 Å². The highest BCUT2D eigenvalue weighted by Gasteiger charge is 2.24. The molecule has 0 heterocycles. The van der Waals surface area contributed by atoms with Crippen molar-refractivity contribution in [3.8, 4) is 0 Å². The molecule has 0 spiro atoms. The summed E-state index contributed by atoms with van der Waals surface area (Å²) in [7, 11) is 2.11. The van der Waals surface area contributed by atoms with Crippen LogP contribution in [-0.2, 0) is 4.74 Å². The van der Waals surface area contributed by atoms with Gasteiger partial charge in [0.15, 0.2) is 0 Å². The minimum atomic E-state index is 0.122. The molecule has 1 unspecified atom stereocenters. The van der Waals surface area contributed by atoms with E-state index in [0.29, 0.717) is 6.54 Å². The van der Waals surface area contributed by atoms with Crippen LogP contribution in [0.1, 0.15) is 27.2 Å². The van der Waals surface area contributed by atoms with Gasteiger partial charge in [0.2, 0.25) is 0 Å². The van der Waals surface area contributed by atoms with Gasteiger partial charge in [-0.2, -0.15) is 0 Å². The maximum absolute atomic E-state index is 5.74. The molecule has 0 aliphatic carbocycles. The van der Waals surface area contributed by atoms with Crippen molar-refractivity contribution in [2.45, 2.75) is 32.7 Å². The molecule has 2 N–H and O–H groups in total. The zero-order valence-corrected chi connectivity index (χ0v) is 9.47. The third kappa shape index (κ3) is 4.07. The molecule has 1 atom stereocenters. The fourth-order valence-corrected chi connectivity index (χ4v) is 1.19. The number of nitrogens with two attached hydrogens (primary N) is 1. The number of hydrogen-bond acceptors (Lipinski definition) is 3. The Morgan fingerprint density at radius 2 is 2.00 bits per heavy atom. The lowest BCUT2D eigenvalue weighted by atomic mass is 9.97. The van der Waals surface area contributed by atoms with Crippen LogP contribution in [0.3, 0.4) is 0 Å². The molecule has 0 saturated heterocycles. The lowest BCUT2D eigenvalue weighted by molar-refractivity contribution is 0.0742. The topological polar surface area (TPSA) is 38.5 Å². The predicted molar refractivity (Wildman–Crippen MR) is 56.9 cm³/mol. The second kappa shape index (κ2) is 6.35. The van der Waals surface area contributed by atoms with E-state index in [0.717, 1.165) is 26.2 Å². The summed E-state index contributed by atoms with van der Waals surface area (Å²) in [6, 6.07) is 0. The Balaban J connectivity index is 3.84. The first kappa shape index (κ1) is 12.9. The predicted octanol–water partition coefficient (Wildman–Crippen LogP) is 1.08. The van der Waals surface area contributed by atoms with Crippen molar-refractivity contribution in [3.05, 3.63) is 0 Å². The van der Waals surface area contributed by atoms with Crippen molar-refractivity contribution in [1.29, 1.82) is 0 Å². The summed E-state index contributed by atoms with van der Waals surface area (Å²) in [5, 5.41) is 0. The Labute approximate surface area is 82.2 Å². The van der Waals surface area contributed by atoms with Crippen LogP contribution in [0.15, 0.2) is 0 Å². The van der Waals surface area contributed by atoms with Crippen molar-refractivity contribution < 1.29 is 4.74 Å². The average molecular weight is 188 g/mol. The van der Waals surface area contributed by atoms with E-state index in [1.807, 2.05) is 6.92 Å². The van der Waals surface area contributed by atoms with Gasteiger partial charge < -0.3 is 10.5 Å². The largest absolute Gasteiger partial charge is 0.380 e. The molecule has 0 bridgehead atoms. The molecule has 0 aromatic rings. The summed E-state index contributed by atoms with van der Waals surface area (Å²) in [5.74, 6) is 0. The second-order valence-electron chi connectivity index (χ2n) is 3.67. The molecule has 0 aliphatic heterocycles. The Bertz CT molecular complexity index is 124. The molecule has 13 heavy (non-hydrogen) atoms. The first-order valence-electron chi connectivity index (χ1n) is 5.09. The molecule has 3 nitrogen and oxygen atoms in total. The molecule has 0 aromatic carbocycles. The molecule has 0 aliphatic rings. The zero-order valence-electron chi connectivity index (χ0n) is 9.47. The van der Waals surface area contributed by atoms with E-state index < -0.39 is 0 Å². The number of ether oxygens (including phenoxy) is 1. The van der Waals surface area contributed by atoms with Gasteiger partial charge in [0.05, 0.1) is 6.61 Å². The fraction of sp³-hybridized carbons (Fsp3) is 1.00. The van der Waals surface area contributed by atoms with Gasteiger partial charge in [-0.1, -0.05) is 6.92 Å². The van der Waals surface area contributed by atoms with Crippen LogP contribution in [-0.4, -0.2) is 43.8 Å². The highest BCUT2D eigenvalue weighted by atomic mass is 16.5. The van der Waals surface area contributed by atoms with Crippen LogP contribution in [0.25, 0.3) is 0 Å². The maximum atomic E-state index is 5.74. The van der Waals surface area contributed by atoms with Gasteiger partial charge in [-0.05, 0) is 27.3 Å². The summed E-state index contributed by atoms with van der Waals surface area (Å²) in [6.07, 6.45) is 1.08. The summed E-state index contributed by atoms with van der Waals surface area (Å²) < 4.78 is 5.31. The van der Waals surface area contributed by atoms with Crippen LogP contribution in [0, 0.1) is 0 Å². The van der Waals surface area contributed by atoms with Gasteiger partial charge in [0.1, 0.15) is 0 Å². The Morgan fingerprint density at radius 3 is 2.38 bits per heavy atom. The smallest absolute Gasteiger partial charge is 0.0593 e. The number of nitrogens with zero attached hydrogens (tertiary/aromatic N) is 1. The van der Waals surface area contributed by atoms with Crippen LogP contribution < -0.4 is 5.73 Å². The molecule has 80 valence electrons. The van der Waals surface area contributed by atoms with E-state index in [1.165, 1.54) is 0 Å². The SMILES string of the molecule is CCOCCN(C)C(C)(CC)CN. The summed E-state index contributed by atoms with van der Waals surface area (Å²) in [5.41, 5.74) is 5.86. The first-order valence-corrected chi connectivity index (χ1v) is 5.09. The van der Waals surface area contributed by atoms with Crippen LogP contribution >= 0.6 is 0 Å². The van der Waals surface area contributed by atoms with Crippen molar-refractivity contribution in [3.63, 3.8) is 0 Å². The third-order valence-corrected chi connectivity index (χ3v) is 2.90. The van der Waals surface area contributed by atoms with Crippen molar-refractivity contribution in [1.82, 2.24) is 4.90 Å². The standard InChI is InChI=1S/C10H24N2O/c1-5-10(3,9-11)12(4)7-8-13-6-2/h5-9,11H2,1-4H3. The van der Waals surface area contributed by atoms with E-state index in [9.17, 15) is 0 Å². The number of hydrogen-bond donors (Lipinski definition) is 1. The lowest BCUT2D eigenvalue weighted by Crippen LogP contribution is -2.50. The van der Waals surface area contributed by atoms with Crippen LogP contribution in [0.5, 0.6) is 0 Å². The Hall–Kier alpha value is -0.120. The van der Waals surface area contributed by atoms with Gasteiger partial charge >= 0.3 is 0 Å². The third-order valence-electron chi connectivity index (χ3n) is 2.90. The molecule has 0 fully saturated rings. The molecular weight excluding hydrogens is 164 g/mol. The van der Waals surface area contributed by atoms with Gasteiger partial charge in [-0.25, -0.2) is 0 Å². The van der Waals surface area contributed by atoms with E-state index in [2.05, 4.69) is 25.8 Å². The fourth-order valence-electron chi connectivity index (χ4n) is 1.19. The van der Waals surface area contributed by atoms with Crippen molar-refractivity contribution in [2.24, 2.45) is 5.73 Å². The van der Waals surface area contributed by atoms with Gasteiger partial charge in [-0.3, -0.25) is 4.90 Å². The quantitative estimate of drug-likeness (QED) is 0.608. The first-order chi connectivity index (χ1) is 6.10. The molecular formula is C10H24N2O. The van der Waals surface area contributed by atoms with Gasteiger partial charge in [0, 0.05) is 25.2 Å². The average Bonchev–Trinajstić information content (AvgIpc) is 2.17. The van der Waals surface area contributed by atoms with E-state index in [1.54, 1.807) is 0 Å². The lowest BCUT2D eigenvalue weighted by Gasteiger charge is -2.37. The molecule has 3 heteroatoms. The summed E-state index contributed by atoms with van der Waals surface area (Å²) in [4.78, 5) is 2.28. The minimum absolute atomic E-state index is 0.122. The Kier molecular flexibility index (Phi) is 6.29. The zero-order chi connectivity index (χ0) is 10.3. The molecule has 0 saturated carbocycles. The summed E-state index contributed by atoms with van der Waals surface area (Å²) >= 11 is 0. The molecule has 0 rings (SSSR count). The second-order valence-corrected chi connectivity index (χ2v) is 3.67. The van der Waals surface area contributed by atoms with Gasteiger partial charge in [0.25, 0.3) is 0 Å². The van der Waals surface area contributed by atoms with E-state index in [-0.39, 0.29) is 5.54 Å². The molecule has 0 amide bonds. The van der Waals surface area contributed by atoms with E-state index in [4.69, 9.17) is 10.5 Å². The normalized spacial score (nSPS) is 16.2. The number of likely N-dealkylation sites (N-methyl/N-ethyl adjacent to an activating group) is 1. The minimum Gasteiger partial charge on any atom is -0.380 e. The Morgan fingerprint density at radius 1 is 1.38 bits per heavy atom.